The molecule has 0 spiro atoms. The Morgan fingerprint density at radius 3 is 1.85 bits per heavy atom. The molecule has 2 atom stereocenters. The first kappa shape index (κ1) is 21.9. The van der Waals surface area contributed by atoms with Gasteiger partial charge in [-0.2, -0.15) is 0 Å². The molecule has 1 aromatic rings. The van der Waals surface area contributed by atoms with Crippen molar-refractivity contribution in [3.05, 3.63) is 27.8 Å². The summed E-state index contributed by atoms with van der Waals surface area (Å²) in [7, 11) is -3.65. The normalized spacial score (nSPS) is 20.8. The van der Waals surface area contributed by atoms with Crippen LogP contribution < -0.4 is 4.72 Å². The lowest BCUT2D eigenvalue weighted by Gasteiger charge is -2.35. The molecule has 2 rings (SSSR count). The highest BCUT2D eigenvalue weighted by Gasteiger charge is 2.26. The van der Waals surface area contributed by atoms with Gasteiger partial charge >= 0.3 is 0 Å². The molecule has 2 unspecified atom stereocenters. The molecule has 5 nitrogen and oxygen atoms in total. The summed E-state index contributed by atoms with van der Waals surface area (Å²) in [5.41, 5.74) is 4.71. The van der Waals surface area contributed by atoms with Crippen LogP contribution in [0.4, 0.5) is 0 Å². The molecular weight excluding hydrogens is 360 g/mol. The number of hydrogen-bond donors (Lipinski definition) is 1. The Balaban J connectivity index is 2.09. The zero-order valence-electron chi connectivity index (χ0n) is 17.8. The number of rotatable bonds is 5. The average Bonchev–Trinajstić information content (AvgIpc) is 2.57. The number of carbonyl (C=O) groups excluding carboxylic acids is 1. The highest BCUT2D eigenvalue weighted by atomic mass is 32.2. The number of nitrogens with one attached hydrogen (secondary N) is 1. The summed E-state index contributed by atoms with van der Waals surface area (Å²) in [4.78, 5) is 14.7. The van der Waals surface area contributed by atoms with E-state index in [1.54, 1.807) is 0 Å². The van der Waals surface area contributed by atoms with Crippen molar-refractivity contribution < 1.29 is 13.2 Å². The summed E-state index contributed by atoms with van der Waals surface area (Å²) in [5.74, 6) is 1.03. The van der Waals surface area contributed by atoms with Crippen LogP contribution in [0, 0.1) is 46.5 Å². The quantitative estimate of drug-likeness (QED) is 0.832. The predicted octanol–water partition coefficient (Wildman–Crippen LogP) is 3.40. The minimum Gasteiger partial charge on any atom is -0.342 e. The van der Waals surface area contributed by atoms with Gasteiger partial charge in [-0.05, 0) is 80.7 Å². The second-order valence-electron chi connectivity index (χ2n) is 8.35. The molecule has 0 bridgehead atoms. The van der Waals surface area contributed by atoms with E-state index in [9.17, 15) is 13.2 Å². The number of benzene rings is 1. The Morgan fingerprint density at radius 2 is 1.37 bits per heavy atom. The van der Waals surface area contributed by atoms with E-state index < -0.39 is 10.0 Å². The van der Waals surface area contributed by atoms with Crippen LogP contribution >= 0.6 is 0 Å². The molecule has 1 saturated heterocycles. The van der Waals surface area contributed by atoms with Gasteiger partial charge in [0.15, 0.2) is 0 Å². The van der Waals surface area contributed by atoms with Gasteiger partial charge < -0.3 is 4.90 Å². The van der Waals surface area contributed by atoms with Gasteiger partial charge in [0, 0.05) is 26.1 Å². The lowest BCUT2D eigenvalue weighted by Crippen LogP contribution is -2.43. The molecule has 1 aliphatic heterocycles. The van der Waals surface area contributed by atoms with Gasteiger partial charge in [-0.1, -0.05) is 13.8 Å². The summed E-state index contributed by atoms with van der Waals surface area (Å²) in [6, 6.07) is 0. The fourth-order valence-corrected chi connectivity index (χ4v) is 5.89. The second kappa shape index (κ2) is 8.31. The number of sulfonamides is 1. The Bertz CT molecular complexity index is 791. The smallest absolute Gasteiger partial charge is 0.241 e. The fraction of sp³-hybridized carbons (Fsp3) is 0.667. The third kappa shape index (κ3) is 4.72. The van der Waals surface area contributed by atoms with E-state index in [4.69, 9.17) is 0 Å². The summed E-state index contributed by atoms with van der Waals surface area (Å²) in [6.45, 7) is 15.6. The fourth-order valence-electron chi connectivity index (χ4n) is 4.26. The maximum Gasteiger partial charge on any atom is 0.241 e. The van der Waals surface area contributed by atoms with Crippen molar-refractivity contribution in [2.24, 2.45) is 11.8 Å². The van der Waals surface area contributed by atoms with E-state index in [0.29, 0.717) is 16.7 Å². The van der Waals surface area contributed by atoms with Crippen molar-refractivity contribution in [2.45, 2.75) is 66.2 Å². The van der Waals surface area contributed by atoms with Crippen LogP contribution in [0.15, 0.2) is 4.90 Å². The molecule has 1 aromatic carbocycles. The van der Waals surface area contributed by atoms with E-state index in [-0.39, 0.29) is 18.9 Å². The van der Waals surface area contributed by atoms with Crippen molar-refractivity contribution in [1.82, 2.24) is 9.62 Å². The van der Waals surface area contributed by atoms with Crippen LogP contribution in [0.3, 0.4) is 0 Å². The standard InChI is InChI=1S/C21H34N2O3S/c1-13-10-14(2)12-23(11-13)20(24)8-9-22-27(25,26)21-18(6)16(4)15(3)17(5)19(21)7/h13-14,22H,8-12H2,1-7H3. The predicted molar refractivity (Wildman–Crippen MR) is 109 cm³/mol. The molecule has 152 valence electrons. The molecule has 1 N–H and O–H groups in total. The number of amides is 1. The van der Waals surface area contributed by atoms with E-state index in [1.165, 1.54) is 0 Å². The lowest BCUT2D eigenvalue weighted by atomic mass is 9.92. The third-order valence-corrected chi connectivity index (χ3v) is 7.79. The molecule has 0 aliphatic carbocycles. The van der Waals surface area contributed by atoms with Gasteiger partial charge in [0.2, 0.25) is 15.9 Å². The molecule has 6 heteroatoms. The summed E-state index contributed by atoms with van der Waals surface area (Å²) in [5, 5.41) is 0. The third-order valence-electron chi connectivity index (χ3n) is 6.05. The summed E-state index contributed by atoms with van der Waals surface area (Å²) >= 11 is 0. The van der Waals surface area contributed by atoms with Gasteiger partial charge in [0.25, 0.3) is 0 Å². The van der Waals surface area contributed by atoms with Gasteiger partial charge in [-0.15, -0.1) is 0 Å². The van der Waals surface area contributed by atoms with Crippen molar-refractivity contribution in [1.29, 1.82) is 0 Å². The molecule has 27 heavy (non-hydrogen) atoms. The highest BCUT2D eigenvalue weighted by molar-refractivity contribution is 7.89. The average molecular weight is 395 g/mol. The van der Waals surface area contributed by atoms with Gasteiger partial charge in [-0.25, -0.2) is 13.1 Å². The molecule has 0 radical (unpaired) electrons. The van der Waals surface area contributed by atoms with Crippen LogP contribution in [0.25, 0.3) is 0 Å². The van der Waals surface area contributed by atoms with Crippen LogP contribution in [-0.2, 0) is 14.8 Å². The number of carbonyl (C=O) groups is 1. The minimum absolute atomic E-state index is 0.0285. The Kier molecular flexibility index (Phi) is 6.74. The van der Waals surface area contributed by atoms with Crippen LogP contribution in [0.1, 0.15) is 54.5 Å². The maximum absolute atomic E-state index is 12.9. The SMILES string of the molecule is Cc1c(C)c(C)c(S(=O)(=O)NCCC(=O)N2CC(C)CC(C)C2)c(C)c1C. The first-order valence-electron chi connectivity index (χ1n) is 9.80. The number of likely N-dealkylation sites (tertiary alicyclic amines) is 1. The topological polar surface area (TPSA) is 66.5 Å². The first-order chi connectivity index (χ1) is 12.5. The Labute approximate surface area is 164 Å². The van der Waals surface area contributed by atoms with Crippen LogP contribution in [0.2, 0.25) is 0 Å². The summed E-state index contributed by atoms with van der Waals surface area (Å²) < 4.78 is 28.5. The van der Waals surface area contributed by atoms with Gasteiger partial charge in [-0.3, -0.25) is 4.79 Å². The Hall–Kier alpha value is -1.40. The molecule has 0 aromatic heterocycles. The van der Waals surface area contributed by atoms with Crippen molar-refractivity contribution in [3.63, 3.8) is 0 Å². The maximum atomic E-state index is 12.9. The van der Waals surface area contributed by atoms with Crippen LogP contribution in [-0.4, -0.2) is 38.9 Å². The molecule has 1 amide bonds. The van der Waals surface area contributed by atoms with E-state index >= 15 is 0 Å². The number of piperidine rings is 1. The number of nitrogens with zero attached hydrogens (tertiary/aromatic N) is 1. The van der Waals surface area contributed by atoms with Crippen molar-refractivity contribution in [3.8, 4) is 0 Å². The first-order valence-corrected chi connectivity index (χ1v) is 11.3. The van der Waals surface area contributed by atoms with Gasteiger partial charge in [0.05, 0.1) is 4.90 Å². The van der Waals surface area contributed by atoms with E-state index in [0.717, 1.165) is 47.3 Å². The molecule has 0 saturated carbocycles. The van der Waals surface area contributed by atoms with Crippen molar-refractivity contribution in [2.75, 3.05) is 19.6 Å². The van der Waals surface area contributed by atoms with Crippen molar-refractivity contribution >= 4 is 15.9 Å². The molecule has 1 aliphatic rings. The monoisotopic (exact) mass is 394 g/mol. The van der Waals surface area contributed by atoms with Crippen LogP contribution in [0.5, 0.6) is 0 Å². The molecule has 1 heterocycles. The summed E-state index contributed by atoms with van der Waals surface area (Å²) in [6.07, 6.45) is 1.33. The van der Waals surface area contributed by atoms with E-state index in [1.807, 2.05) is 39.5 Å². The van der Waals surface area contributed by atoms with Gasteiger partial charge in [0.1, 0.15) is 0 Å². The highest BCUT2D eigenvalue weighted by Crippen LogP contribution is 2.29. The number of hydrogen-bond acceptors (Lipinski definition) is 3. The lowest BCUT2D eigenvalue weighted by molar-refractivity contribution is -0.133. The zero-order valence-corrected chi connectivity index (χ0v) is 18.6. The molecule has 1 fully saturated rings. The largest absolute Gasteiger partial charge is 0.342 e. The molecular formula is C21H34N2O3S. The second-order valence-corrected chi connectivity index (χ2v) is 10.1. The van der Waals surface area contributed by atoms with E-state index in [2.05, 4.69) is 18.6 Å². The Morgan fingerprint density at radius 1 is 0.926 bits per heavy atom. The zero-order chi connectivity index (χ0) is 20.5. The minimum atomic E-state index is -3.65.